The molecule has 668 valence electrons. The second-order valence-electron chi connectivity index (χ2n) is 26.0. The zero-order valence-electron chi connectivity index (χ0n) is 69.1. The van der Waals surface area contributed by atoms with Gasteiger partial charge in [-0.05, 0) is 110 Å². The summed E-state index contributed by atoms with van der Waals surface area (Å²) < 4.78 is 11.0. The van der Waals surface area contributed by atoms with E-state index in [1.54, 1.807) is 73.2 Å². The van der Waals surface area contributed by atoms with Crippen molar-refractivity contribution in [2.45, 2.75) is 112 Å². The van der Waals surface area contributed by atoms with Gasteiger partial charge in [0.05, 0.1) is 86.6 Å². The fraction of sp³-hybridized carbons (Fsp3) is 0.304. The van der Waals surface area contributed by atoms with Crippen LogP contribution >= 0.6 is 58.5 Å². The molecular formula is C79H88Cl2N14O26S4. The van der Waals surface area contributed by atoms with Crippen molar-refractivity contribution in [2.75, 3.05) is 48.0 Å². The third-order valence-electron chi connectivity index (χ3n) is 16.7. The lowest BCUT2D eigenvalue weighted by Crippen LogP contribution is -2.41. The van der Waals surface area contributed by atoms with Gasteiger partial charge in [0.25, 0.3) is 34.1 Å². The van der Waals surface area contributed by atoms with Crippen LogP contribution in [-0.2, 0) is 132 Å². The van der Waals surface area contributed by atoms with Gasteiger partial charge in [0.15, 0.2) is 0 Å². The molecule has 3 heterocycles. The molecule has 10 rings (SSSR count). The molecule has 0 aromatic heterocycles. The van der Waals surface area contributed by atoms with Gasteiger partial charge in [0, 0.05) is 157 Å². The highest BCUT2D eigenvalue weighted by Crippen LogP contribution is 2.38. The summed E-state index contributed by atoms with van der Waals surface area (Å²) in [4.78, 5) is 211. The van der Waals surface area contributed by atoms with Gasteiger partial charge < -0.3 is 16.8 Å². The summed E-state index contributed by atoms with van der Waals surface area (Å²) in [5.74, 6) is -2.90. The topological polar surface area (TPSA) is 578 Å². The molecule has 2 unspecified atom stereocenters. The molecule has 40 nitrogen and oxygen atoms in total. The van der Waals surface area contributed by atoms with Crippen LogP contribution in [0.1, 0.15) is 109 Å². The zero-order chi connectivity index (χ0) is 94.8. The maximum atomic E-state index is 12.2. The minimum atomic E-state index is -1.33. The third kappa shape index (κ3) is 38.5. The molecule has 7 aromatic rings. The van der Waals surface area contributed by atoms with Gasteiger partial charge in [0.1, 0.15) is 11.0 Å². The van der Waals surface area contributed by atoms with E-state index >= 15 is 0 Å². The van der Waals surface area contributed by atoms with Crippen LogP contribution in [0.15, 0.2) is 152 Å². The van der Waals surface area contributed by atoms with E-state index in [4.69, 9.17) is 23.1 Å². The van der Waals surface area contributed by atoms with E-state index in [2.05, 4.69) is 16.9 Å². The number of nitrogens with two attached hydrogens (primary N) is 2. The van der Waals surface area contributed by atoms with Crippen molar-refractivity contribution in [3.8, 4) is 0 Å². The number of nitro benzene ring substituents is 6. The summed E-state index contributed by atoms with van der Waals surface area (Å²) in [5.41, 5.74) is 19.3. The Bertz CT molecular complexity index is 5140. The SMILES string of the molecule is CC(=O)Cl.CC(=O)N(Cc1ccc([N+](=O)[O-])cc1)C(=O)CS(C)=O.CC(=O)N1Cc2ccc(N)cc2CC1=O.CC(=O)N1Cc2ccc([N+](=O)[O-])cc2CC1=O.CC(=O)NCc1ccc([N+](=O)[O-])cc1.CSC1C(=O)N(C(C)=O)Cc2ccc([N+](=O)[O-])cc21.CSCC(=O)Cl.CSCC(=O)N(Cc1ccc([N+](=O)[O-])cc1)C(C)=O.NCc1ccc([N+](=O)[O-])cc1. The van der Waals surface area contributed by atoms with Crippen molar-refractivity contribution >= 4 is 185 Å². The number of nitrogens with one attached hydrogen (secondary N) is 1. The van der Waals surface area contributed by atoms with Crippen LogP contribution in [0.25, 0.3) is 0 Å². The number of hydrogen-bond donors (Lipinski definition) is 3. The minimum absolute atomic E-state index is 0.00333. The number of nitro groups is 6. The number of nitrogen functional groups attached to an aromatic ring is 1. The number of fused-ring (bicyclic) bond motifs is 3. The number of hydrogen-bond acceptors (Lipinski definition) is 31. The predicted octanol–water partition coefficient (Wildman–Crippen LogP) is 10.5. The van der Waals surface area contributed by atoms with Gasteiger partial charge >= 0.3 is 0 Å². The van der Waals surface area contributed by atoms with Gasteiger partial charge in [-0.15, -0.1) is 11.8 Å². The summed E-state index contributed by atoms with van der Waals surface area (Å²) in [5, 5.41) is 64.3. The first-order valence-corrected chi connectivity index (χ1v) is 42.7. The highest BCUT2D eigenvalue weighted by atomic mass is 35.5. The third-order valence-corrected chi connectivity index (χ3v) is 19.6. The normalized spacial score (nSPS) is 12.4. The lowest BCUT2D eigenvalue weighted by molar-refractivity contribution is -0.385. The standard InChI is InChI=1S/C12H14N2O5S.C12H12N2O4S.C12H14N2O4S.C11H10N2O4.C11H12N2O2.C9H10N2O3.C7H8N2O2.C3H5ClOS.C2H3ClO/c1-9(15)13(12(16)8-20(2)19)7-10-3-5-11(6-4-10)14(17)18;1-7(15)13-6-8-3-4-9(14(17)18)5-10(8)11(19-2)12(13)16;1-9(15)13(12(16)8-19-2)7-10-3-5-11(6-4-10)14(17)18;1-7(14)12-6-8-2-3-10(13(16)17)4-9(8)5-11(12)15;1-7(14)13-6-8-2-3-10(12)4-9(8)5-11(13)15;1-7(12)10-6-8-2-4-9(5-3-8)11(13)14;8-5-6-1-3-7(4-2-6)9(10)11;1-6-2-3(4)5;1-2(3)4/h3-6H,7-8H2,1-2H3;3-5,11H,6H2,1-2H3;3-6H,7-8H2,1-2H3;2-4H,5-6H2,1H3;2-4H,5-6,12H2,1H3;2-5H,6H2,1H3,(H,10,12);1-4H,5,8H2;2H2,1H3;1H3. The largest absolute Gasteiger partial charge is 0.399 e. The highest BCUT2D eigenvalue weighted by Gasteiger charge is 2.36. The van der Waals surface area contributed by atoms with Gasteiger partial charge in [-0.3, -0.25) is 152 Å². The number of carbonyl (C=O) groups excluding carboxylic acids is 13. The Kier molecular flexibility index (Phi) is 47.1. The number of halogens is 2. The van der Waals surface area contributed by atoms with Crippen molar-refractivity contribution in [3.05, 3.63) is 268 Å². The summed E-state index contributed by atoms with van der Waals surface area (Å²) in [7, 11) is -1.33. The number of nitrogens with zero attached hydrogens (tertiary/aromatic N) is 11. The van der Waals surface area contributed by atoms with Gasteiger partial charge in [-0.25, -0.2) is 0 Å². The molecule has 0 aliphatic carbocycles. The summed E-state index contributed by atoms with van der Waals surface area (Å²) >= 11 is 13.6. The quantitative estimate of drug-likeness (QED) is 0.0276. The number of non-ortho nitro benzene ring substituents is 6. The molecule has 3 aliphatic heterocycles. The Morgan fingerprint density at radius 3 is 1.13 bits per heavy atom. The number of thioether (sulfide) groups is 3. The Balaban J connectivity index is 0.000000487. The predicted molar refractivity (Wildman–Crippen MR) is 468 cm³/mol. The van der Waals surface area contributed by atoms with Crippen molar-refractivity contribution in [1.82, 2.24) is 29.8 Å². The van der Waals surface area contributed by atoms with E-state index in [1.807, 2.05) is 12.3 Å². The molecule has 0 saturated heterocycles. The van der Waals surface area contributed by atoms with Gasteiger partial charge in [-0.1, -0.05) is 66.7 Å². The maximum Gasteiger partial charge on any atom is 0.269 e. The van der Waals surface area contributed by atoms with Crippen LogP contribution in [-0.4, -0.2) is 176 Å². The molecular weight excluding hydrogens is 1760 g/mol. The Morgan fingerprint density at radius 2 is 0.800 bits per heavy atom. The van der Waals surface area contributed by atoms with Gasteiger partial charge in [-0.2, -0.15) is 23.5 Å². The van der Waals surface area contributed by atoms with Crippen LogP contribution in [0, 0.1) is 60.7 Å². The Hall–Kier alpha value is -13.0. The van der Waals surface area contributed by atoms with E-state index in [0.717, 1.165) is 48.1 Å². The molecule has 125 heavy (non-hydrogen) atoms. The molecule has 0 saturated carbocycles. The number of amides is 11. The van der Waals surface area contributed by atoms with Crippen LogP contribution in [0.5, 0.6) is 0 Å². The Labute approximate surface area is 740 Å². The van der Waals surface area contributed by atoms with E-state index in [0.29, 0.717) is 53.3 Å². The fourth-order valence-corrected chi connectivity index (χ4v) is 12.8. The molecule has 0 fully saturated rings. The van der Waals surface area contributed by atoms with Crippen LogP contribution < -0.4 is 16.8 Å². The highest BCUT2D eigenvalue weighted by molar-refractivity contribution is 7.99. The van der Waals surface area contributed by atoms with E-state index in [9.17, 15) is 127 Å². The summed E-state index contributed by atoms with van der Waals surface area (Å²) in [6, 6.07) is 37.9. The molecule has 0 radical (unpaired) electrons. The number of benzene rings is 7. The average Bonchev–Trinajstić information content (AvgIpc) is 0.784. The fourth-order valence-electron chi connectivity index (χ4n) is 10.6. The molecule has 5 N–H and O–H groups in total. The van der Waals surface area contributed by atoms with Crippen molar-refractivity contribution < 1.29 is 96.1 Å². The first-order valence-electron chi connectivity index (χ1n) is 36.1. The first kappa shape index (κ1) is 108. The number of imide groups is 5. The first-order chi connectivity index (χ1) is 58.6. The van der Waals surface area contributed by atoms with Crippen molar-refractivity contribution in [1.29, 1.82) is 0 Å². The molecule has 11 amide bonds. The zero-order valence-corrected chi connectivity index (χ0v) is 73.9. The lowest BCUT2D eigenvalue weighted by Gasteiger charge is -2.31. The maximum absolute atomic E-state index is 12.2. The number of carbonyl (C=O) groups is 13. The van der Waals surface area contributed by atoms with E-state index < -0.39 is 57.4 Å². The second kappa shape index (κ2) is 54.5. The molecule has 0 bridgehead atoms. The molecule has 0 spiro atoms. The molecule has 2 atom stereocenters. The summed E-state index contributed by atoms with van der Waals surface area (Å²) in [6.45, 7) is 11.0. The Morgan fingerprint density at radius 1 is 0.464 bits per heavy atom. The van der Waals surface area contributed by atoms with E-state index in [1.165, 1.54) is 185 Å². The smallest absolute Gasteiger partial charge is 0.269 e. The van der Waals surface area contributed by atoms with Crippen molar-refractivity contribution in [3.63, 3.8) is 0 Å². The van der Waals surface area contributed by atoms with Gasteiger partial charge in [0.2, 0.25) is 75.5 Å². The summed E-state index contributed by atoms with van der Waals surface area (Å²) in [6.07, 6.45) is 7.04. The van der Waals surface area contributed by atoms with Crippen LogP contribution in [0.2, 0.25) is 0 Å². The monoisotopic (exact) mass is 1850 g/mol. The second-order valence-corrected chi connectivity index (χ2v) is 31.1. The lowest BCUT2D eigenvalue weighted by atomic mass is 9.98. The molecule has 7 aromatic carbocycles. The average molecular weight is 1850 g/mol. The number of anilines is 1. The molecule has 3 aliphatic rings. The minimum Gasteiger partial charge on any atom is -0.399 e. The molecule has 46 heteroatoms. The van der Waals surface area contributed by atoms with Crippen LogP contribution in [0.4, 0.5) is 39.8 Å². The van der Waals surface area contributed by atoms with E-state index in [-0.39, 0.29) is 148 Å². The number of rotatable bonds is 20. The van der Waals surface area contributed by atoms with Crippen molar-refractivity contribution in [2.24, 2.45) is 5.73 Å². The van der Waals surface area contributed by atoms with Crippen LogP contribution in [0.3, 0.4) is 0 Å².